The third-order valence-corrected chi connectivity index (χ3v) is 7.60. The van der Waals surface area contributed by atoms with Crippen molar-refractivity contribution in [2.24, 2.45) is 5.92 Å². The van der Waals surface area contributed by atoms with Gasteiger partial charge in [0.05, 0.1) is 13.7 Å². The zero-order valence-electron chi connectivity index (χ0n) is 18.5. The highest BCUT2D eigenvalue weighted by Crippen LogP contribution is 2.62. The van der Waals surface area contributed by atoms with E-state index in [1.165, 1.54) is 11.1 Å². The van der Waals surface area contributed by atoms with Gasteiger partial charge in [-0.15, -0.1) is 0 Å². The summed E-state index contributed by atoms with van der Waals surface area (Å²) in [6.45, 7) is 4.41. The van der Waals surface area contributed by atoms with Crippen LogP contribution in [0, 0.1) is 12.8 Å². The highest BCUT2D eigenvalue weighted by molar-refractivity contribution is 5.89. The molecule has 2 aromatic rings. The topological polar surface area (TPSA) is 82.1 Å². The Morgan fingerprint density at radius 3 is 2.74 bits per heavy atom. The van der Waals surface area contributed by atoms with Crippen molar-refractivity contribution in [3.63, 3.8) is 0 Å². The van der Waals surface area contributed by atoms with Crippen molar-refractivity contribution in [2.45, 2.75) is 70.1 Å². The number of nitrogens with zero attached hydrogens (tertiary/aromatic N) is 1. The largest absolute Gasteiger partial charge is 0.519 e. The number of ketones is 1. The summed E-state index contributed by atoms with van der Waals surface area (Å²) in [5, 5.41) is 0. The van der Waals surface area contributed by atoms with Gasteiger partial charge in [-0.05, 0) is 50.8 Å². The lowest BCUT2D eigenvalue weighted by Crippen LogP contribution is -2.61. The second kappa shape index (κ2) is 7.26. The molecule has 1 unspecified atom stereocenters. The van der Waals surface area contributed by atoms with Crippen LogP contribution in [-0.2, 0) is 23.2 Å². The van der Waals surface area contributed by atoms with Gasteiger partial charge in [0.2, 0.25) is 0 Å². The Kier molecular flexibility index (Phi) is 4.77. The summed E-state index contributed by atoms with van der Waals surface area (Å²) < 4.78 is 22.3. The number of aryl methyl sites for hydroxylation is 1. The Labute approximate surface area is 181 Å². The first kappa shape index (κ1) is 20.4. The lowest BCUT2D eigenvalue weighted by Gasteiger charge is -2.52. The minimum atomic E-state index is -0.665. The van der Waals surface area contributed by atoms with Crippen molar-refractivity contribution in [3.8, 4) is 11.5 Å². The monoisotopic (exact) mass is 427 g/mol. The van der Waals surface area contributed by atoms with Crippen LogP contribution in [0.2, 0.25) is 0 Å². The summed E-state index contributed by atoms with van der Waals surface area (Å²) in [5.41, 5.74) is 2.07. The minimum Gasteiger partial charge on any atom is -0.493 e. The molecule has 4 atom stereocenters. The molecule has 3 aliphatic rings. The van der Waals surface area contributed by atoms with Crippen molar-refractivity contribution >= 4 is 5.78 Å². The number of hydrogen-bond acceptors (Lipinski definition) is 7. The molecule has 0 saturated heterocycles. The fourth-order valence-corrected chi connectivity index (χ4v) is 6.42. The van der Waals surface area contributed by atoms with E-state index < -0.39 is 11.9 Å². The number of hydrogen-bond donors (Lipinski definition) is 0. The molecule has 0 amide bonds. The maximum absolute atomic E-state index is 13.1. The van der Waals surface area contributed by atoms with Crippen molar-refractivity contribution in [2.75, 3.05) is 14.2 Å². The van der Waals surface area contributed by atoms with Gasteiger partial charge in [-0.1, -0.05) is 19.4 Å². The van der Waals surface area contributed by atoms with Crippen LogP contribution in [0.4, 0.5) is 0 Å². The van der Waals surface area contributed by atoms with Crippen molar-refractivity contribution in [1.29, 1.82) is 0 Å². The van der Waals surface area contributed by atoms with Crippen LogP contribution < -0.4 is 15.3 Å². The van der Waals surface area contributed by atoms with Crippen molar-refractivity contribution in [1.82, 2.24) is 4.90 Å². The van der Waals surface area contributed by atoms with Crippen LogP contribution in [-0.4, -0.2) is 37.0 Å². The third-order valence-electron chi connectivity index (χ3n) is 7.60. The Morgan fingerprint density at radius 2 is 2.06 bits per heavy atom. The number of carbonyl (C=O) groups excluding carboxylic acids is 1. The molecule has 2 aliphatic carbocycles. The number of ether oxygens (including phenoxy) is 2. The van der Waals surface area contributed by atoms with Gasteiger partial charge in [-0.2, -0.15) is 0 Å². The predicted octanol–water partition coefficient (Wildman–Crippen LogP) is 3.38. The van der Waals surface area contributed by atoms with Crippen LogP contribution in [0.25, 0.3) is 0 Å². The smallest absolute Gasteiger partial charge is 0.493 e. The van der Waals surface area contributed by atoms with E-state index in [1.807, 2.05) is 6.07 Å². The molecule has 1 fully saturated rings. The van der Waals surface area contributed by atoms with Crippen molar-refractivity contribution in [3.05, 3.63) is 45.4 Å². The molecule has 0 bridgehead atoms. The average molecular weight is 427 g/mol. The van der Waals surface area contributed by atoms with E-state index in [1.54, 1.807) is 14.0 Å². The highest BCUT2D eigenvalue weighted by Gasteiger charge is 2.63. The fraction of sp³-hybridized carbons (Fsp3) is 0.583. The van der Waals surface area contributed by atoms with E-state index in [9.17, 15) is 9.59 Å². The zero-order chi connectivity index (χ0) is 21.9. The minimum absolute atomic E-state index is 0.189. The summed E-state index contributed by atoms with van der Waals surface area (Å²) >= 11 is 0. The normalized spacial score (nSPS) is 28.5. The molecular weight excluding hydrogens is 398 g/mol. The van der Waals surface area contributed by atoms with Gasteiger partial charge in [0, 0.05) is 23.4 Å². The van der Waals surface area contributed by atoms with Crippen LogP contribution in [0.1, 0.15) is 55.3 Å². The van der Waals surface area contributed by atoms with E-state index in [2.05, 4.69) is 24.9 Å². The second-order valence-electron chi connectivity index (χ2n) is 9.15. The fourth-order valence-electron chi connectivity index (χ4n) is 6.42. The lowest BCUT2D eigenvalue weighted by atomic mass is 9.53. The molecule has 1 aromatic heterocycles. The lowest BCUT2D eigenvalue weighted by molar-refractivity contribution is -0.135. The average Bonchev–Trinajstić information content (AvgIpc) is 3.25. The van der Waals surface area contributed by atoms with Crippen LogP contribution in [0.15, 0.2) is 25.8 Å². The Morgan fingerprint density at radius 1 is 1.26 bits per heavy atom. The molecule has 7 nitrogen and oxygen atoms in total. The van der Waals surface area contributed by atoms with Gasteiger partial charge in [-0.3, -0.25) is 9.69 Å². The summed E-state index contributed by atoms with van der Waals surface area (Å²) in [4.78, 5) is 26.9. The molecule has 0 N–H and O–H groups in total. The van der Waals surface area contributed by atoms with Crippen LogP contribution in [0.5, 0.6) is 11.5 Å². The molecule has 166 valence electrons. The van der Waals surface area contributed by atoms with E-state index in [4.69, 9.17) is 18.3 Å². The summed E-state index contributed by atoms with van der Waals surface area (Å²) in [7, 11) is 3.71. The van der Waals surface area contributed by atoms with Gasteiger partial charge in [-0.25, -0.2) is 4.79 Å². The number of carbonyl (C=O) groups is 1. The summed E-state index contributed by atoms with van der Waals surface area (Å²) in [6.07, 6.45) is 3.61. The number of Topliss-reactive ketones (excluding diaryl/α,β-unsaturated/α-hetero) is 1. The zero-order valence-corrected chi connectivity index (χ0v) is 18.5. The molecule has 0 radical (unpaired) electrons. The van der Waals surface area contributed by atoms with Crippen LogP contribution >= 0.6 is 0 Å². The first-order valence-electron chi connectivity index (χ1n) is 11.1. The van der Waals surface area contributed by atoms with Gasteiger partial charge in [0.1, 0.15) is 5.76 Å². The van der Waals surface area contributed by atoms with Gasteiger partial charge < -0.3 is 18.3 Å². The number of rotatable bonds is 6. The van der Waals surface area contributed by atoms with E-state index in [-0.39, 0.29) is 23.2 Å². The second-order valence-corrected chi connectivity index (χ2v) is 9.15. The first-order valence-corrected chi connectivity index (χ1v) is 11.1. The SMILES string of the molecule is CCC[C@]12c3c4ccc(OC)c3O[C@H]1C(=O)CC[C@H]2C(N(C)Cc1oc(=O)oc1C)C4. The van der Waals surface area contributed by atoms with E-state index in [0.717, 1.165) is 31.4 Å². The standard InChI is InChI=1S/C24H29NO6/c1-5-10-24-15-7-8-17(26)22(24)31-21-18(28-4)9-6-14(20(21)24)11-16(15)25(3)12-19-13(2)29-23(27)30-19/h6,9,15-16,22H,5,7-8,10-12H2,1-4H3/t15-,16?,22-,24-/m0/s1. The van der Waals surface area contributed by atoms with Crippen LogP contribution in [0.3, 0.4) is 0 Å². The summed E-state index contributed by atoms with van der Waals surface area (Å²) in [6, 6.07) is 4.27. The predicted molar refractivity (Wildman–Crippen MR) is 113 cm³/mol. The Bertz CT molecular complexity index is 1080. The molecule has 7 heteroatoms. The Balaban J connectivity index is 1.62. The molecule has 1 aromatic carbocycles. The molecule has 2 heterocycles. The van der Waals surface area contributed by atoms with E-state index in [0.29, 0.717) is 30.2 Å². The van der Waals surface area contributed by atoms with Crippen molar-refractivity contribution < 1.29 is 23.1 Å². The third kappa shape index (κ3) is 2.82. The number of likely N-dealkylation sites (N-methyl/N-ethyl adjacent to an activating group) is 1. The molecule has 1 saturated carbocycles. The molecular formula is C24H29NO6. The van der Waals surface area contributed by atoms with Gasteiger partial charge >= 0.3 is 5.82 Å². The van der Waals surface area contributed by atoms with E-state index >= 15 is 0 Å². The van der Waals surface area contributed by atoms with Gasteiger partial charge in [0.15, 0.2) is 29.1 Å². The Hall–Kier alpha value is -2.54. The number of methoxy groups -OCH3 is 1. The maximum Gasteiger partial charge on any atom is 0.519 e. The van der Waals surface area contributed by atoms with Gasteiger partial charge in [0.25, 0.3) is 0 Å². The maximum atomic E-state index is 13.1. The molecule has 1 aliphatic heterocycles. The first-order chi connectivity index (χ1) is 14.9. The molecule has 31 heavy (non-hydrogen) atoms. The molecule has 5 rings (SSSR count). The summed E-state index contributed by atoms with van der Waals surface area (Å²) in [5.74, 6) is 2.33. The molecule has 0 spiro atoms. The number of benzene rings is 1. The highest BCUT2D eigenvalue weighted by atomic mass is 16.6. The quantitative estimate of drug-likeness (QED) is 0.699.